The standard InChI is InChI=1S/C20H21N5O5S/c1-11-7-17(29-4)18(8-12(11)2)31(26,27)25-20-13-9-16(28-3)14(10-15(13)30-24-20)22-19-5-6-21-23-19/h5-10H,1-4H3,(H,24,25)(H2,21,22,23). The maximum absolute atomic E-state index is 13.1. The summed E-state index contributed by atoms with van der Waals surface area (Å²) >= 11 is 0. The first-order valence-electron chi connectivity index (χ1n) is 9.24. The minimum Gasteiger partial charge on any atom is -0.495 e. The molecule has 0 radical (unpaired) electrons. The maximum Gasteiger partial charge on any atom is 0.266 e. The molecule has 10 nitrogen and oxygen atoms in total. The van der Waals surface area contributed by atoms with E-state index in [2.05, 4.69) is 25.4 Å². The first kappa shape index (κ1) is 20.5. The number of fused-ring (bicyclic) bond motifs is 1. The minimum absolute atomic E-state index is 0.0127. The van der Waals surface area contributed by atoms with E-state index in [1.54, 1.807) is 36.5 Å². The predicted octanol–water partition coefficient (Wildman–Crippen LogP) is 3.73. The quantitative estimate of drug-likeness (QED) is 0.394. The van der Waals surface area contributed by atoms with E-state index < -0.39 is 10.0 Å². The summed E-state index contributed by atoms with van der Waals surface area (Å²) in [6.45, 7) is 3.71. The zero-order valence-corrected chi connectivity index (χ0v) is 18.1. The van der Waals surface area contributed by atoms with Crippen LogP contribution in [0.5, 0.6) is 11.5 Å². The highest BCUT2D eigenvalue weighted by atomic mass is 32.2. The minimum atomic E-state index is -3.99. The van der Waals surface area contributed by atoms with Gasteiger partial charge < -0.3 is 19.3 Å². The molecule has 162 valence electrons. The Morgan fingerprint density at radius 3 is 2.45 bits per heavy atom. The summed E-state index contributed by atoms with van der Waals surface area (Å²) in [5.41, 5.74) is 2.71. The van der Waals surface area contributed by atoms with Crippen molar-refractivity contribution < 1.29 is 22.4 Å². The molecule has 0 amide bonds. The lowest BCUT2D eigenvalue weighted by molar-refractivity contribution is 0.402. The van der Waals surface area contributed by atoms with Crippen molar-refractivity contribution in [3.8, 4) is 11.5 Å². The number of ether oxygens (including phenoxy) is 2. The topological polar surface area (TPSA) is 131 Å². The number of hydrogen-bond acceptors (Lipinski definition) is 8. The summed E-state index contributed by atoms with van der Waals surface area (Å²) in [7, 11) is -1.06. The second kappa shape index (κ2) is 7.84. The van der Waals surface area contributed by atoms with Gasteiger partial charge in [-0.25, -0.2) is 8.42 Å². The fourth-order valence-electron chi connectivity index (χ4n) is 3.09. The second-order valence-electron chi connectivity index (χ2n) is 6.87. The van der Waals surface area contributed by atoms with E-state index in [1.807, 2.05) is 13.8 Å². The Balaban J connectivity index is 1.73. The van der Waals surface area contributed by atoms with Crippen LogP contribution in [-0.2, 0) is 10.0 Å². The molecule has 0 bridgehead atoms. The largest absolute Gasteiger partial charge is 0.495 e. The van der Waals surface area contributed by atoms with Crippen LogP contribution < -0.4 is 19.5 Å². The van der Waals surface area contributed by atoms with Crippen molar-refractivity contribution in [3.05, 3.63) is 47.7 Å². The molecular weight excluding hydrogens is 422 g/mol. The van der Waals surface area contributed by atoms with Gasteiger partial charge in [0.1, 0.15) is 22.2 Å². The molecule has 0 atom stereocenters. The number of aromatic amines is 1. The number of nitrogens with zero attached hydrogens (tertiary/aromatic N) is 2. The molecule has 0 saturated carbocycles. The SMILES string of the molecule is COc1cc2c(NS(=O)(=O)c3cc(C)c(C)cc3OC)noc2cc1Nc1ccn[nH]1. The van der Waals surface area contributed by atoms with E-state index >= 15 is 0 Å². The Labute approximate surface area is 178 Å². The first-order valence-corrected chi connectivity index (χ1v) is 10.7. The van der Waals surface area contributed by atoms with Crippen molar-refractivity contribution in [3.63, 3.8) is 0 Å². The van der Waals surface area contributed by atoms with Crippen molar-refractivity contribution in [2.75, 3.05) is 24.3 Å². The lowest BCUT2D eigenvalue weighted by Gasteiger charge is -2.13. The molecule has 2 heterocycles. The van der Waals surface area contributed by atoms with Gasteiger partial charge in [0.25, 0.3) is 10.0 Å². The third kappa shape index (κ3) is 3.87. The van der Waals surface area contributed by atoms with Gasteiger partial charge in [-0.3, -0.25) is 9.82 Å². The van der Waals surface area contributed by atoms with Gasteiger partial charge in [0.2, 0.25) is 0 Å². The third-order valence-corrected chi connectivity index (χ3v) is 6.22. The molecular formula is C20H21N5O5S. The van der Waals surface area contributed by atoms with E-state index in [1.165, 1.54) is 14.2 Å². The van der Waals surface area contributed by atoms with Gasteiger partial charge in [-0.15, -0.1) is 0 Å². The van der Waals surface area contributed by atoms with Crippen LogP contribution in [0.4, 0.5) is 17.3 Å². The molecule has 2 aromatic heterocycles. The highest BCUT2D eigenvalue weighted by molar-refractivity contribution is 7.92. The van der Waals surface area contributed by atoms with Crippen LogP contribution in [-0.4, -0.2) is 38.0 Å². The van der Waals surface area contributed by atoms with Crippen LogP contribution >= 0.6 is 0 Å². The summed E-state index contributed by atoms with van der Waals surface area (Å²) < 4.78 is 44.8. The van der Waals surface area contributed by atoms with Gasteiger partial charge in [-0.2, -0.15) is 5.10 Å². The molecule has 4 rings (SSSR count). The van der Waals surface area contributed by atoms with Crippen LogP contribution in [0.15, 0.2) is 45.9 Å². The normalized spacial score (nSPS) is 11.5. The molecule has 2 aromatic carbocycles. The van der Waals surface area contributed by atoms with Crippen molar-refractivity contribution >= 4 is 38.3 Å². The van der Waals surface area contributed by atoms with Gasteiger partial charge in [0, 0.05) is 12.1 Å². The Morgan fingerprint density at radius 2 is 1.77 bits per heavy atom. The van der Waals surface area contributed by atoms with Gasteiger partial charge in [0.15, 0.2) is 11.4 Å². The molecule has 0 spiro atoms. The van der Waals surface area contributed by atoms with Gasteiger partial charge in [0.05, 0.1) is 31.5 Å². The van der Waals surface area contributed by atoms with Gasteiger partial charge >= 0.3 is 0 Å². The summed E-state index contributed by atoms with van der Waals surface area (Å²) in [6.07, 6.45) is 1.61. The number of aromatic nitrogens is 3. The van der Waals surface area contributed by atoms with Crippen LogP contribution in [0.25, 0.3) is 11.0 Å². The van der Waals surface area contributed by atoms with Crippen LogP contribution in [0.1, 0.15) is 11.1 Å². The van der Waals surface area contributed by atoms with Crippen LogP contribution in [0, 0.1) is 13.8 Å². The average molecular weight is 443 g/mol. The molecule has 4 aromatic rings. The molecule has 3 N–H and O–H groups in total. The Hall–Kier alpha value is -3.73. The Bertz CT molecular complexity index is 1350. The average Bonchev–Trinajstić information content (AvgIpc) is 3.39. The zero-order valence-electron chi connectivity index (χ0n) is 17.3. The number of nitrogens with one attached hydrogen (secondary N) is 3. The smallest absolute Gasteiger partial charge is 0.266 e. The van der Waals surface area contributed by atoms with Gasteiger partial charge in [-0.05, 0) is 43.2 Å². The summed E-state index contributed by atoms with van der Waals surface area (Å²) in [5, 5.41) is 14.1. The lowest BCUT2D eigenvalue weighted by Crippen LogP contribution is -2.15. The van der Waals surface area contributed by atoms with Crippen LogP contribution in [0.2, 0.25) is 0 Å². The van der Waals surface area contributed by atoms with E-state index in [0.29, 0.717) is 28.2 Å². The maximum atomic E-state index is 13.1. The number of hydrogen-bond donors (Lipinski definition) is 3. The van der Waals surface area contributed by atoms with E-state index in [0.717, 1.165) is 11.1 Å². The molecule has 31 heavy (non-hydrogen) atoms. The second-order valence-corrected chi connectivity index (χ2v) is 8.52. The first-order chi connectivity index (χ1) is 14.8. The fraction of sp³-hybridized carbons (Fsp3) is 0.200. The van der Waals surface area contributed by atoms with Crippen LogP contribution in [0.3, 0.4) is 0 Å². The number of methoxy groups -OCH3 is 2. The monoisotopic (exact) mass is 443 g/mol. The predicted molar refractivity (Wildman–Crippen MR) is 116 cm³/mol. The molecule has 0 aliphatic carbocycles. The van der Waals surface area contributed by atoms with Crippen molar-refractivity contribution in [2.24, 2.45) is 0 Å². The number of H-pyrrole nitrogens is 1. The molecule has 0 aliphatic rings. The summed E-state index contributed by atoms with van der Waals surface area (Å²) in [6, 6.07) is 8.30. The lowest BCUT2D eigenvalue weighted by atomic mass is 10.1. The highest BCUT2D eigenvalue weighted by Crippen LogP contribution is 2.36. The molecule has 11 heteroatoms. The molecule has 0 aliphatic heterocycles. The molecule has 0 fully saturated rings. The van der Waals surface area contributed by atoms with Crippen molar-refractivity contribution in [1.82, 2.24) is 15.4 Å². The Kier molecular flexibility index (Phi) is 5.19. The molecule has 0 unspecified atom stereocenters. The third-order valence-electron chi connectivity index (χ3n) is 4.86. The molecule has 0 saturated heterocycles. The van der Waals surface area contributed by atoms with E-state index in [4.69, 9.17) is 14.0 Å². The number of benzene rings is 2. The summed E-state index contributed by atoms with van der Waals surface area (Å²) in [5.74, 6) is 1.41. The fourth-order valence-corrected chi connectivity index (χ4v) is 4.34. The number of anilines is 3. The number of aryl methyl sites for hydroxylation is 2. The summed E-state index contributed by atoms with van der Waals surface area (Å²) in [4.78, 5) is 0.0127. The zero-order chi connectivity index (χ0) is 22.2. The van der Waals surface area contributed by atoms with Gasteiger partial charge in [-0.1, -0.05) is 5.16 Å². The number of sulfonamides is 1. The van der Waals surface area contributed by atoms with Crippen molar-refractivity contribution in [2.45, 2.75) is 18.7 Å². The van der Waals surface area contributed by atoms with Crippen molar-refractivity contribution in [1.29, 1.82) is 0 Å². The highest BCUT2D eigenvalue weighted by Gasteiger charge is 2.24. The van der Waals surface area contributed by atoms with E-state index in [-0.39, 0.29) is 16.5 Å². The Morgan fingerprint density at radius 1 is 1.03 bits per heavy atom. The van der Waals surface area contributed by atoms with E-state index in [9.17, 15) is 8.42 Å². The number of rotatable bonds is 7.